The van der Waals surface area contributed by atoms with Crippen molar-refractivity contribution in [2.75, 3.05) is 20.2 Å². The molecule has 2 atom stereocenters. The van der Waals surface area contributed by atoms with E-state index < -0.39 is 0 Å². The van der Waals surface area contributed by atoms with Crippen molar-refractivity contribution in [2.24, 2.45) is 0 Å². The molecule has 1 amide bonds. The highest BCUT2D eigenvalue weighted by Gasteiger charge is 2.10. The molecular weight excluding hydrogens is 194 g/mol. The van der Waals surface area contributed by atoms with Gasteiger partial charge in [0.05, 0.1) is 12.2 Å². The Morgan fingerprint density at radius 1 is 1.47 bits per heavy atom. The van der Waals surface area contributed by atoms with Gasteiger partial charge in [-0.25, -0.2) is 0 Å². The first-order valence-electron chi connectivity index (χ1n) is 5.51. The minimum atomic E-state index is -0.365. The SMILES string of the molecule is CCC(C)OCC(=O)N(C)CCC(C)O. The summed E-state index contributed by atoms with van der Waals surface area (Å²) in [6.07, 6.45) is 1.27. The predicted molar refractivity (Wildman–Crippen MR) is 59.6 cm³/mol. The third kappa shape index (κ3) is 7.33. The van der Waals surface area contributed by atoms with Crippen molar-refractivity contribution in [3.8, 4) is 0 Å². The van der Waals surface area contributed by atoms with E-state index in [1.54, 1.807) is 18.9 Å². The van der Waals surface area contributed by atoms with Crippen molar-refractivity contribution in [1.82, 2.24) is 4.90 Å². The molecule has 4 heteroatoms. The van der Waals surface area contributed by atoms with Crippen LogP contribution in [0, 0.1) is 0 Å². The van der Waals surface area contributed by atoms with Crippen LogP contribution in [0.4, 0.5) is 0 Å². The number of aliphatic hydroxyl groups excluding tert-OH is 1. The summed E-state index contributed by atoms with van der Waals surface area (Å²) in [5.74, 6) is -0.0315. The Morgan fingerprint density at radius 3 is 2.53 bits per heavy atom. The third-order valence-corrected chi connectivity index (χ3v) is 2.37. The van der Waals surface area contributed by atoms with E-state index in [0.29, 0.717) is 13.0 Å². The molecule has 15 heavy (non-hydrogen) atoms. The maximum absolute atomic E-state index is 11.5. The third-order valence-electron chi connectivity index (χ3n) is 2.37. The number of likely N-dealkylation sites (N-methyl/N-ethyl adjacent to an activating group) is 1. The van der Waals surface area contributed by atoms with E-state index in [4.69, 9.17) is 9.84 Å². The fourth-order valence-electron chi connectivity index (χ4n) is 0.947. The molecule has 0 rings (SSSR count). The largest absolute Gasteiger partial charge is 0.393 e. The second-order valence-electron chi connectivity index (χ2n) is 3.98. The Labute approximate surface area is 92.2 Å². The van der Waals surface area contributed by atoms with Gasteiger partial charge >= 0.3 is 0 Å². The van der Waals surface area contributed by atoms with Gasteiger partial charge in [-0.2, -0.15) is 0 Å². The van der Waals surface area contributed by atoms with E-state index in [1.807, 2.05) is 13.8 Å². The molecule has 0 aliphatic rings. The first-order valence-corrected chi connectivity index (χ1v) is 5.51. The van der Waals surface area contributed by atoms with Crippen LogP contribution in [0.2, 0.25) is 0 Å². The van der Waals surface area contributed by atoms with E-state index in [2.05, 4.69) is 0 Å². The maximum Gasteiger partial charge on any atom is 0.248 e. The van der Waals surface area contributed by atoms with E-state index >= 15 is 0 Å². The highest BCUT2D eigenvalue weighted by molar-refractivity contribution is 5.77. The van der Waals surface area contributed by atoms with Crippen molar-refractivity contribution in [3.05, 3.63) is 0 Å². The molecule has 0 aliphatic carbocycles. The topological polar surface area (TPSA) is 49.8 Å². The predicted octanol–water partition coefficient (Wildman–Crippen LogP) is 1.03. The lowest BCUT2D eigenvalue weighted by atomic mass is 10.3. The van der Waals surface area contributed by atoms with Crippen LogP contribution in [0.5, 0.6) is 0 Å². The Kier molecular flexibility index (Phi) is 7.34. The lowest BCUT2D eigenvalue weighted by molar-refractivity contribution is -0.136. The molecule has 0 bridgehead atoms. The molecule has 0 radical (unpaired) electrons. The van der Waals surface area contributed by atoms with Crippen LogP contribution in [0.3, 0.4) is 0 Å². The molecule has 1 N–H and O–H groups in total. The van der Waals surface area contributed by atoms with Gasteiger partial charge in [0, 0.05) is 13.6 Å². The molecule has 0 aromatic heterocycles. The molecular formula is C11H23NO3. The Morgan fingerprint density at radius 2 is 2.07 bits per heavy atom. The molecule has 90 valence electrons. The molecule has 2 unspecified atom stereocenters. The van der Waals surface area contributed by atoms with E-state index in [9.17, 15) is 4.79 Å². The lowest BCUT2D eigenvalue weighted by Crippen LogP contribution is -2.33. The van der Waals surface area contributed by atoms with Crippen LogP contribution >= 0.6 is 0 Å². The number of aliphatic hydroxyl groups is 1. The average Bonchev–Trinajstić information content (AvgIpc) is 2.21. The van der Waals surface area contributed by atoms with Gasteiger partial charge in [0.2, 0.25) is 5.91 Å². The number of nitrogens with zero attached hydrogens (tertiary/aromatic N) is 1. The highest BCUT2D eigenvalue weighted by atomic mass is 16.5. The molecule has 4 nitrogen and oxygen atoms in total. The summed E-state index contributed by atoms with van der Waals surface area (Å²) in [6.45, 7) is 6.38. The zero-order valence-corrected chi connectivity index (χ0v) is 10.2. The van der Waals surface area contributed by atoms with Crippen LogP contribution in [0.25, 0.3) is 0 Å². The van der Waals surface area contributed by atoms with Gasteiger partial charge in [-0.3, -0.25) is 4.79 Å². The molecule has 0 heterocycles. The molecule has 0 saturated carbocycles. The minimum absolute atomic E-state index is 0.0315. The number of carbonyl (C=O) groups is 1. The Bertz CT molecular complexity index is 183. The number of amides is 1. The summed E-state index contributed by atoms with van der Waals surface area (Å²) in [7, 11) is 1.73. The van der Waals surface area contributed by atoms with Gasteiger partial charge in [-0.1, -0.05) is 6.92 Å². The Balaban J connectivity index is 3.69. The summed E-state index contributed by atoms with van der Waals surface area (Å²) in [6, 6.07) is 0. The number of hydrogen-bond donors (Lipinski definition) is 1. The standard InChI is InChI=1S/C11H23NO3/c1-5-10(3)15-8-11(14)12(4)7-6-9(2)13/h9-10,13H,5-8H2,1-4H3. The summed E-state index contributed by atoms with van der Waals surface area (Å²) < 4.78 is 5.33. The van der Waals surface area contributed by atoms with Crippen LogP contribution in [0.15, 0.2) is 0 Å². The second-order valence-corrected chi connectivity index (χ2v) is 3.98. The van der Waals surface area contributed by atoms with Gasteiger partial charge in [0.25, 0.3) is 0 Å². The number of carbonyl (C=O) groups excluding carboxylic acids is 1. The first kappa shape index (κ1) is 14.4. The van der Waals surface area contributed by atoms with Gasteiger partial charge < -0.3 is 14.7 Å². The van der Waals surface area contributed by atoms with Gasteiger partial charge in [0.15, 0.2) is 0 Å². The molecule has 0 aromatic rings. The van der Waals surface area contributed by atoms with Gasteiger partial charge in [-0.05, 0) is 26.7 Å². The molecule has 0 fully saturated rings. The first-order chi connectivity index (χ1) is 6.97. The van der Waals surface area contributed by atoms with Crippen LogP contribution in [0.1, 0.15) is 33.6 Å². The summed E-state index contributed by atoms with van der Waals surface area (Å²) >= 11 is 0. The van der Waals surface area contributed by atoms with Crippen molar-refractivity contribution in [3.63, 3.8) is 0 Å². The second kappa shape index (κ2) is 7.65. The average molecular weight is 217 g/mol. The quantitative estimate of drug-likeness (QED) is 0.693. The van der Waals surface area contributed by atoms with E-state index in [-0.39, 0.29) is 24.7 Å². The van der Waals surface area contributed by atoms with Crippen LogP contribution in [-0.4, -0.2) is 48.3 Å². The zero-order valence-electron chi connectivity index (χ0n) is 10.2. The fourth-order valence-corrected chi connectivity index (χ4v) is 0.947. The van der Waals surface area contributed by atoms with Gasteiger partial charge in [0.1, 0.15) is 6.61 Å². The molecule has 0 aliphatic heterocycles. The summed E-state index contributed by atoms with van der Waals surface area (Å²) in [5.41, 5.74) is 0. The number of ether oxygens (including phenoxy) is 1. The van der Waals surface area contributed by atoms with Crippen molar-refractivity contribution in [1.29, 1.82) is 0 Å². The lowest BCUT2D eigenvalue weighted by Gasteiger charge is -2.19. The van der Waals surface area contributed by atoms with Gasteiger partial charge in [-0.15, -0.1) is 0 Å². The minimum Gasteiger partial charge on any atom is -0.393 e. The number of rotatable bonds is 7. The smallest absolute Gasteiger partial charge is 0.248 e. The summed E-state index contributed by atoms with van der Waals surface area (Å²) in [5, 5.41) is 9.07. The fraction of sp³-hybridized carbons (Fsp3) is 0.909. The van der Waals surface area contributed by atoms with Crippen LogP contribution in [-0.2, 0) is 9.53 Å². The maximum atomic E-state index is 11.5. The van der Waals surface area contributed by atoms with E-state index in [1.165, 1.54) is 0 Å². The molecule has 0 aromatic carbocycles. The molecule has 0 saturated heterocycles. The van der Waals surface area contributed by atoms with Crippen LogP contribution < -0.4 is 0 Å². The van der Waals surface area contributed by atoms with Crippen molar-refractivity contribution < 1.29 is 14.6 Å². The molecule has 0 spiro atoms. The zero-order chi connectivity index (χ0) is 11.8. The normalized spacial score (nSPS) is 14.7. The monoisotopic (exact) mass is 217 g/mol. The Hall–Kier alpha value is -0.610. The van der Waals surface area contributed by atoms with Crippen molar-refractivity contribution in [2.45, 2.75) is 45.8 Å². The summed E-state index contributed by atoms with van der Waals surface area (Å²) in [4.78, 5) is 13.1. The van der Waals surface area contributed by atoms with E-state index in [0.717, 1.165) is 6.42 Å². The number of hydrogen-bond acceptors (Lipinski definition) is 3. The van der Waals surface area contributed by atoms with Crippen molar-refractivity contribution >= 4 is 5.91 Å². The highest BCUT2D eigenvalue weighted by Crippen LogP contribution is 1.98.